The van der Waals surface area contributed by atoms with E-state index in [0.29, 0.717) is 12.6 Å². The summed E-state index contributed by atoms with van der Waals surface area (Å²) in [5.74, 6) is 0. The van der Waals surface area contributed by atoms with Crippen LogP contribution in [0.5, 0.6) is 0 Å². The van der Waals surface area contributed by atoms with E-state index in [4.69, 9.17) is 9.84 Å². The molecule has 4 heteroatoms. The number of ether oxygens (including phenoxy) is 1. The SMILES string of the molecule is CCN(CC(O)CO)CC1CCCO1. The van der Waals surface area contributed by atoms with Gasteiger partial charge in [0.15, 0.2) is 0 Å². The molecular formula is C10H21NO3. The van der Waals surface area contributed by atoms with Crippen LogP contribution in [0.2, 0.25) is 0 Å². The average Bonchev–Trinajstić information content (AvgIpc) is 2.69. The highest BCUT2D eigenvalue weighted by molar-refractivity contribution is 4.71. The third kappa shape index (κ3) is 3.92. The number of rotatable bonds is 6. The van der Waals surface area contributed by atoms with Gasteiger partial charge in [-0.15, -0.1) is 0 Å². The van der Waals surface area contributed by atoms with Crippen LogP contribution in [-0.2, 0) is 4.74 Å². The topological polar surface area (TPSA) is 52.9 Å². The summed E-state index contributed by atoms with van der Waals surface area (Å²) < 4.78 is 5.51. The Morgan fingerprint density at radius 3 is 2.86 bits per heavy atom. The van der Waals surface area contributed by atoms with Crippen molar-refractivity contribution in [2.24, 2.45) is 0 Å². The molecule has 0 aromatic carbocycles. The van der Waals surface area contributed by atoms with Crippen molar-refractivity contribution in [2.45, 2.75) is 32.0 Å². The highest BCUT2D eigenvalue weighted by Gasteiger charge is 2.19. The molecule has 1 heterocycles. The molecule has 0 aliphatic carbocycles. The first kappa shape index (κ1) is 11.9. The molecule has 0 amide bonds. The van der Waals surface area contributed by atoms with Crippen LogP contribution in [0.15, 0.2) is 0 Å². The van der Waals surface area contributed by atoms with E-state index < -0.39 is 6.10 Å². The highest BCUT2D eigenvalue weighted by atomic mass is 16.5. The third-order valence-electron chi connectivity index (χ3n) is 2.61. The molecule has 0 spiro atoms. The predicted octanol–water partition coefficient (Wildman–Crippen LogP) is -0.160. The molecule has 0 radical (unpaired) electrons. The summed E-state index contributed by atoms with van der Waals surface area (Å²) >= 11 is 0. The molecule has 2 atom stereocenters. The van der Waals surface area contributed by atoms with Gasteiger partial charge in [-0.1, -0.05) is 6.92 Å². The molecule has 2 unspecified atom stereocenters. The number of aliphatic hydroxyl groups is 2. The third-order valence-corrected chi connectivity index (χ3v) is 2.61. The molecule has 0 aromatic rings. The molecule has 1 aliphatic rings. The maximum atomic E-state index is 9.30. The van der Waals surface area contributed by atoms with Crippen LogP contribution in [0.1, 0.15) is 19.8 Å². The minimum atomic E-state index is -0.628. The lowest BCUT2D eigenvalue weighted by molar-refractivity contribution is 0.0319. The lowest BCUT2D eigenvalue weighted by atomic mass is 10.2. The van der Waals surface area contributed by atoms with Crippen molar-refractivity contribution in [3.8, 4) is 0 Å². The lowest BCUT2D eigenvalue weighted by Gasteiger charge is -2.25. The van der Waals surface area contributed by atoms with Gasteiger partial charge in [0.1, 0.15) is 0 Å². The van der Waals surface area contributed by atoms with Crippen LogP contribution in [0.25, 0.3) is 0 Å². The molecule has 1 saturated heterocycles. The van der Waals surface area contributed by atoms with Gasteiger partial charge in [-0.2, -0.15) is 0 Å². The molecule has 2 N–H and O–H groups in total. The van der Waals surface area contributed by atoms with Gasteiger partial charge in [0.05, 0.1) is 18.8 Å². The number of hydrogen-bond acceptors (Lipinski definition) is 4. The molecule has 84 valence electrons. The number of aliphatic hydroxyl groups excluding tert-OH is 2. The zero-order valence-electron chi connectivity index (χ0n) is 8.85. The molecular weight excluding hydrogens is 182 g/mol. The lowest BCUT2D eigenvalue weighted by Crippen LogP contribution is -2.38. The van der Waals surface area contributed by atoms with Crippen LogP contribution in [-0.4, -0.2) is 60.2 Å². The van der Waals surface area contributed by atoms with Crippen molar-refractivity contribution in [1.29, 1.82) is 0 Å². The first-order chi connectivity index (χ1) is 6.76. The van der Waals surface area contributed by atoms with Crippen molar-refractivity contribution < 1.29 is 14.9 Å². The van der Waals surface area contributed by atoms with Crippen molar-refractivity contribution in [3.63, 3.8) is 0 Å². The second kappa shape index (κ2) is 6.35. The smallest absolute Gasteiger partial charge is 0.0897 e. The zero-order chi connectivity index (χ0) is 10.4. The van der Waals surface area contributed by atoms with E-state index in [9.17, 15) is 5.11 Å². The van der Waals surface area contributed by atoms with Crippen molar-refractivity contribution in [2.75, 3.05) is 32.8 Å². The van der Waals surface area contributed by atoms with Crippen LogP contribution < -0.4 is 0 Å². The Morgan fingerprint density at radius 1 is 1.57 bits per heavy atom. The quantitative estimate of drug-likeness (QED) is 0.630. The molecule has 0 aromatic heterocycles. The molecule has 0 saturated carbocycles. The maximum absolute atomic E-state index is 9.30. The van der Waals surface area contributed by atoms with E-state index >= 15 is 0 Å². The van der Waals surface area contributed by atoms with Gasteiger partial charge in [0.2, 0.25) is 0 Å². The summed E-state index contributed by atoms with van der Waals surface area (Å²) in [6.07, 6.45) is 1.95. The largest absolute Gasteiger partial charge is 0.394 e. The van der Waals surface area contributed by atoms with Gasteiger partial charge in [-0.25, -0.2) is 0 Å². The van der Waals surface area contributed by atoms with Crippen LogP contribution in [0.4, 0.5) is 0 Å². The Balaban J connectivity index is 2.22. The summed E-state index contributed by atoms with van der Waals surface area (Å²) in [6.45, 7) is 5.04. The van der Waals surface area contributed by atoms with Crippen LogP contribution in [0.3, 0.4) is 0 Å². The molecule has 1 aliphatic heterocycles. The van der Waals surface area contributed by atoms with E-state index in [1.54, 1.807) is 0 Å². The molecule has 4 nitrogen and oxygen atoms in total. The fourth-order valence-corrected chi connectivity index (χ4v) is 1.76. The minimum absolute atomic E-state index is 0.165. The van der Waals surface area contributed by atoms with Gasteiger partial charge in [0, 0.05) is 19.7 Å². The normalized spacial score (nSPS) is 24.4. The first-order valence-electron chi connectivity index (χ1n) is 5.39. The Kier molecular flexibility index (Phi) is 5.40. The summed E-state index contributed by atoms with van der Waals surface area (Å²) in [5, 5.41) is 18.0. The Bertz CT molecular complexity index is 148. The fraction of sp³-hybridized carbons (Fsp3) is 1.00. The van der Waals surface area contributed by atoms with Gasteiger partial charge in [0.25, 0.3) is 0 Å². The van der Waals surface area contributed by atoms with E-state index in [1.807, 2.05) is 0 Å². The van der Waals surface area contributed by atoms with Gasteiger partial charge in [-0.3, -0.25) is 4.90 Å². The number of hydrogen-bond donors (Lipinski definition) is 2. The van der Waals surface area contributed by atoms with E-state index in [-0.39, 0.29) is 6.61 Å². The second-order valence-corrected chi connectivity index (χ2v) is 3.82. The van der Waals surface area contributed by atoms with E-state index in [0.717, 1.165) is 32.5 Å². The molecule has 1 rings (SSSR count). The number of nitrogens with zero attached hydrogens (tertiary/aromatic N) is 1. The first-order valence-corrected chi connectivity index (χ1v) is 5.39. The van der Waals surface area contributed by atoms with E-state index in [2.05, 4.69) is 11.8 Å². The standard InChI is InChI=1S/C10H21NO3/c1-2-11(6-9(13)8-12)7-10-4-3-5-14-10/h9-10,12-13H,2-8H2,1H3. The van der Waals surface area contributed by atoms with Gasteiger partial charge >= 0.3 is 0 Å². The van der Waals surface area contributed by atoms with E-state index in [1.165, 1.54) is 0 Å². The highest BCUT2D eigenvalue weighted by Crippen LogP contribution is 2.13. The monoisotopic (exact) mass is 203 g/mol. The summed E-state index contributed by atoms with van der Waals surface area (Å²) in [6, 6.07) is 0. The summed E-state index contributed by atoms with van der Waals surface area (Å²) in [4.78, 5) is 2.12. The second-order valence-electron chi connectivity index (χ2n) is 3.82. The number of likely N-dealkylation sites (N-methyl/N-ethyl adjacent to an activating group) is 1. The Labute approximate surface area is 85.5 Å². The molecule has 0 bridgehead atoms. The van der Waals surface area contributed by atoms with Gasteiger partial charge in [-0.05, 0) is 19.4 Å². The Hall–Kier alpha value is -0.160. The predicted molar refractivity (Wildman–Crippen MR) is 54.2 cm³/mol. The van der Waals surface area contributed by atoms with Crippen molar-refractivity contribution >= 4 is 0 Å². The fourth-order valence-electron chi connectivity index (χ4n) is 1.76. The zero-order valence-corrected chi connectivity index (χ0v) is 8.85. The van der Waals surface area contributed by atoms with Crippen LogP contribution >= 0.6 is 0 Å². The van der Waals surface area contributed by atoms with Gasteiger partial charge < -0.3 is 14.9 Å². The minimum Gasteiger partial charge on any atom is -0.394 e. The van der Waals surface area contributed by atoms with Crippen molar-refractivity contribution in [3.05, 3.63) is 0 Å². The molecule has 1 fully saturated rings. The summed E-state index contributed by atoms with van der Waals surface area (Å²) in [7, 11) is 0. The maximum Gasteiger partial charge on any atom is 0.0897 e. The Morgan fingerprint density at radius 2 is 2.36 bits per heavy atom. The van der Waals surface area contributed by atoms with Crippen LogP contribution in [0, 0.1) is 0 Å². The average molecular weight is 203 g/mol. The molecule has 14 heavy (non-hydrogen) atoms. The summed E-state index contributed by atoms with van der Waals surface area (Å²) in [5.41, 5.74) is 0. The van der Waals surface area contributed by atoms with Crippen molar-refractivity contribution in [1.82, 2.24) is 4.90 Å².